The van der Waals surface area contributed by atoms with E-state index in [9.17, 15) is 0 Å². The zero-order valence-electron chi connectivity index (χ0n) is 12.9. The van der Waals surface area contributed by atoms with Gasteiger partial charge in [-0.05, 0) is 43.9 Å². The highest BCUT2D eigenvalue weighted by atomic mass is 15.2. The van der Waals surface area contributed by atoms with E-state index in [1.807, 2.05) is 0 Å². The number of aryl methyl sites for hydroxylation is 1. The maximum absolute atomic E-state index is 4.73. The first-order chi connectivity index (χ1) is 8.95. The van der Waals surface area contributed by atoms with Crippen LogP contribution in [0.25, 0.3) is 0 Å². The highest BCUT2D eigenvalue weighted by Gasteiger charge is 2.27. The van der Waals surface area contributed by atoms with Crippen molar-refractivity contribution in [2.45, 2.75) is 59.7 Å². The minimum Gasteiger partial charge on any atom is -0.354 e. The molecule has 0 spiro atoms. The number of hydrogen-bond acceptors (Lipinski definition) is 3. The van der Waals surface area contributed by atoms with E-state index in [1.54, 1.807) is 0 Å². The van der Waals surface area contributed by atoms with Crippen LogP contribution in [0.1, 0.15) is 45.4 Å². The number of anilines is 1. The first-order valence-corrected chi connectivity index (χ1v) is 7.43. The van der Waals surface area contributed by atoms with Crippen molar-refractivity contribution in [1.82, 2.24) is 10.3 Å². The molecule has 106 valence electrons. The Labute approximate surface area is 117 Å². The predicted octanol–water partition coefficient (Wildman–Crippen LogP) is 3.12. The maximum atomic E-state index is 4.73. The summed E-state index contributed by atoms with van der Waals surface area (Å²) in [5, 5.41) is 3.48. The third-order valence-electron chi connectivity index (χ3n) is 3.79. The molecule has 1 N–H and O–H groups in total. The number of aromatic nitrogens is 1. The highest BCUT2D eigenvalue weighted by Crippen LogP contribution is 2.28. The third-order valence-corrected chi connectivity index (χ3v) is 3.79. The van der Waals surface area contributed by atoms with Crippen molar-refractivity contribution in [2.24, 2.45) is 5.92 Å². The van der Waals surface area contributed by atoms with Gasteiger partial charge in [0.15, 0.2) is 0 Å². The van der Waals surface area contributed by atoms with Gasteiger partial charge in [-0.15, -0.1) is 0 Å². The van der Waals surface area contributed by atoms with Crippen LogP contribution >= 0.6 is 0 Å². The maximum Gasteiger partial charge on any atom is 0.129 e. The lowest BCUT2D eigenvalue weighted by Gasteiger charge is -2.24. The topological polar surface area (TPSA) is 28.2 Å². The van der Waals surface area contributed by atoms with Crippen molar-refractivity contribution in [1.29, 1.82) is 0 Å². The fourth-order valence-electron chi connectivity index (χ4n) is 2.91. The molecule has 1 aliphatic rings. The smallest absolute Gasteiger partial charge is 0.129 e. The lowest BCUT2D eigenvalue weighted by atomic mass is 10.1. The Morgan fingerprint density at radius 2 is 2.11 bits per heavy atom. The monoisotopic (exact) mass is 261 g/mol. The van der Waals surface area contributed by atoms with Crippen molar-refractivity contribution < 1.29 is 0 Å². The van der Waals surface area contributed by atoms with Gasteiger partial charge in [-0.3, -0.25) is 0 Å². The summed E-state index contributed by atoms with van der Waals surface area (Å²) >= 11 is 0. The molecule has 0 aliphatic carbocycles. The molecule has 1 aromatic rings. The molecule has 1 aliphatic heterocycles. The standard InChI is InChI=1S/C16H27N3/c1-11(2)17-9-15-7-13(4)18-16(8-15)19-10-12(3)6-14(19)5/h7-8,11-12,14,17H,6,9-10H2,1-5H3. The Morgan fingerprint density at radius 1 is 1.37 bits per heavy atom. The van der Waals surface area contributed by atoms with Gasteiger partial charge < -0.3 is 10.2 Å². The average Bonchev–Trinajstić information content (AvgIpc) is 2.65. The SMILES string of the molecule is Cc1cc(CNC(C)C)cc(N2CC(C)CC2C)n1. The van der Waals surface area contributed by atoms with E-state index in [1.165, 1.54) is 12.0 Å². The Bertz CT molecular complexity index is 428. The number of nitrogens with zero attached hydrogens (tertiary/aromatic N) is 2. The van der Waals surface area contributed by atoms with E-state index in [2.05, 4.69) is 57.0 Å². The Balaban J connectivity index is 2.16. The van der Waals surface area contributed by atoms with Crippen molar-refractivity contribution in [2.75, 3.05) is 11.4 Å². The van der Waals surface area contributed by atoms with Crippen LogP contribution in [-0.4, -0.2) is 23.6 Å². The summed E-state index contributed by atoms with van der Waals surface area (Å²) < 4.78 is 0. The van der Waals surface area contributed by atoms with Crippen LogP contribution in [0.2, 0.25) is 0 Å². The van der Waals surface area contributed by atoms with Crippen LogP contribution in [-0.2, 0) is 6.54 Å². The van der Waals surface area contributed by atoms with E-state index in [4.69, 9.17) is 4.98 Å². The minimum atomic E-state index is 0.516. The normalized spacial score (nSPS) is 23.4. The van der Waals surface area contributed by atoms with Gasteiger partial charge in [0.2, 0.25) is 0 Å². The average molecular weight is 261 g/mol. The highest BCUT2D eigenvalue weighted by molar-refractivity contribution is 5.45. The first-order valence-electron chi connectivity index (χ1n) is 7.43. The second-order valence-electron chi connectivity index (χ2n) is 6.35. The molecule has 2 heterocycles. The molecular formula is C16H27N3. The zero-order chi connectivity index (χ0) is 14.0. The molecule has 3 heteroatoms. The molecule has 19 heavy (non-hydrogen) atoms. The number of pyridine rings is 1. The molecule has 3 nitrogen and oxygen atoms in total. The predicted molar refractivity (Wildman–Crippen MR) is 81.5 cm³/mol. The van der Waals surface area contributed by atoms with Crippen LogP contribution in [0, 0.1) is 12.8 Å². The van der Waals surface area contributed by atoms with Crippen molar-refractivity contribution in [3.63, 3.8) is 0 Å². The summed E-state index contributed by atoms with van der Waals surface area (Å²) in [4.78, 5) is 7.18. The van der Waals surface area contributed by atoms with Crippen molar-refractivity contribution >= 4 is 5.82 Å². The Kier molecular flexibility index (Phi) is 4.46. The molecule has 2 unspecified atom stereocenters. The van der Waals surface area contributed by atoms with Gasteiger partial charge in [-0.2, -0.15) is 0 Å². The minimum absolute atomic E-state index is 0.516. The Morgan fingerprint density at radius 3 is 2.68 bits per heavy atom. The fraction of sp³-hybridized carbons (Fsp3) is 0.688. The lowest BCUT2D eigenvalue weighted by molar-refractivity contribution is 0.588. The van der Waals surface area contributed by atoms with Crippen LogP contribution in [0.4, 0.5) is 5.82 Å². The van der Waals surface area contributed by atoms with Crippen LogP contribution in [0.5, 0.6) is 0 Å². The number of nitrogens with one attached hydrogen (secondary N) is 1. The van der Waals surface area contributed by atoms with E-state index in [-0.39, 0.29) is 0 Å². The lowest BCUT2D eigenvalue weighted by Crippen LogP contribution is -2.28. The third kappa shape index (κ3) is 3.69. The van der Waals surface area contributed by atoms with E-state index >= 15 is 0 Å². The number of hydrogen-bond donors (Lipinski definition) is 1. The van der Waals surface area contributed by atoms with Crippen LogP contribution in [0.15, 0.2) is 12.1 Å². The van der Waals surface area contributed by atoms with Crippen LogP contribution in [0.3, 0.4) is 0 Å². The second-order valence-corrected chi connectivity index (χ2v) is 6.35. The molecule has 2 rings (SSSR count). The van der Waals surface area contributed by atoms with Gasteiger partial charge in [0.05, 0.1) is 0 Å². The van der Waals surface area contributed by atoms with E-state index < -0.39 is 0 Å². The van der Waals surface area contributed by atoms with Gasteiger partial charge in [0.1, 0.15) is 5.82 Å². The van der Waals surface area contributed by atoms with Gasteiger partial charge >= 0.3 is 0 Å². The fourth-order valence-corrected chi connectivity index (χ4v) is 2.91. The van der Waals surface area contributed by atoms with Gasteiger partial charge in [0.25, 0.3) is 0 Å². The molecule has 1 fully saturated rings. The van der Waals surface area contributed by atoms with E-state index in [0.29, 0.717) is 12.1 Å². The molecule has 0 bridgehead atoms. The summed E-state index contributed by atoms with van der Waals surface area (Å²) in [7, 11) is 0. The van der Waals surface area contributed by atoms with Gasteiger partial charge in [-0.25, -0.2) is 4.98 Å². The second kappa shape index (κ2) is 5.91. The van der Waals surface area contributed by atoms with Gasteiger partial charge in [-0.1, -0.05) is 20.8 Å². The summed E-state index contributed by atoms with van der Waals surface area (Å²) in [5.74, 6) is 1.92. The molecule has 0 radical (unpaired) electrons. The largest absolute Gasteiger partial charge is 0.354 e. The quantitative estimate of drug-likeness (QED) is 0.902. The van der Waals surface area contributed by atoms with E-state index in [0.717, 1.165) is 30.5 Å². The Hall–Kier alpha value is -1.09. The van der Waals surface area contributed by atoms with Gasteiger partial charge in [0, 0.05) is 30.9 Å². The summed E-state index contributed by atoms with van der Waals surface area (Å²) in [6.07, 6.45) is 1.27. The summed E-state index contributed by atoms with van der Waals surface area (Å²) in [6, 6.07) is 5.55. The molecule has 1 aromatic heterocycles. The zero-order valence-corrected chi connectivity index (χ0v) is 12.9. The summed E-state index contributed by atoms with van der Waals surface area (Å²) in [5.41, 5.74) is 2.45. The van der Waals surface area contributed by atoms with Crippen LogP contribution < -0.4 is 10.2 Å². The number of rotatable bonds is 4. The van der Waals surface area contributed by atoms with Crippen molar-refractivity contribution in [3.05, 3.63) is 23.4 Å². The molecular weight excluding hydrogens is 234 g/mol. The summed E-state index contributed by atoms with van der Waals surface area (Å²) in [6.45, 7) is 13.1. The molecule has 2 atom stereocenters. The van der Waals surface area contributed by atoms with Crippen molar-refractivity contribution in [3.8, 4) is 0 Å². The molecule has 0 saturated carbocycles. The molecule has 0 aromatic carbocycles. The molecule has 0 amide bonds. The molecule has 1 saturated heterocycles. The first kappa shape index (κ1) is 14.3.